The SMILES string of the molecule is Cc1ccc(-c2ccc(OC3CC3)cc2)cc1N. The van der Waals surface area contributed by atoms with Crippen LogP contribution >= 0.6 is 0 Å². The van der Waals surface area contributed by atoms with Gasteiger partial charge in [-0.25, -0.2) is 0 Å². The van der Waals surface area contributed by atoms with Gasteiger partial charge in [-0.05, 0) is 54.7 Å². The molecule has 0 unspecified atom stereocenters. The van der Waals surface area contributed by atoms with Crippen molar-refractivity contribution in [1.29, 1.82) is 0 Å². The zero-order valence-corrected chi connectivity index (χ0v) is 10.5. The van der Waals surface area contributed by atoms with Gasteiger partial charge in [0.1, 0.15) is 5.75 Å². The van der Waals surface area contributed by atoms with E-state index in [0.717, 1.165) is 22.6 Å². The molecule has 0 spiro atoms. The number of rotatable bonds is 3. The third kappa shape index (κ3) is 2.33. The van der Waals surface area contributed by atoms with Crippen LogP contribution in [0.15, 0.2) is 42.5 Å². The number of hydrogen-bond acceptors (Lipinski definition) is 2. The lowest BCUT2D eigenvalue weighted by Gasteiger charge is -2.07. The second-order valence-electron chi connectivity index (χ2n) is 4.91. The highest BCUT2D eigenvalue weighted by Gasteiger charge is 2.23. The van der Waals surface area contributed by atoms with Gasteiger partial charge in [-0.1, -0.05) is 24.3 Å². The Balaban J connectivity index is 1.84. The summed E-state index contributed by atoms with van der Waals surface area (Å²) in [6.45, 7) is 2.02. The largest absolute Gasteiger partial charge is 0.490 e. The summed E-state index contributed by atoms with van der Waals surface area (Å²) in [5.41, 5.74) is 10.2. The average molecular weight is 239 g/mol. The smallest absolute Gasteiger partial charge is 0.119 e. The van der Waals surface area contributed by atoms with Crippen molar-refractivity contribution in [3.63, 3.8) is 0 Å². The Kier molecular flexibility index (Phi) is 2.71. The molecule has 0 saturated heterocycles. The minimum Gasteiger partial charge on any atom is -0.490 e. The van der Waals surface area contributed by atoms with E-state index in [4.69, 9.17) is 10.5 Å². The summed E-state index contributed by atoms with van der Waals surface area (Å²) in [5.74, 6) is 0.960. The molecule has 2 N–H and O–H groups in total. The van der Waals surface area contributed by atoms with Crippen molar-refractivity contribution in [2.24, 2.45) is 0 Å². The van der Waals surface area contributed by atoms with E-state index in [0.29, 0.717) is 6.10 Å². The van der Waals surface area contributed by atoms with Crippen LogP contribution in [-0.4, -0.2) is 6.10 Å². The van der Waals surface area contributed by atoms with Crippen LogP contribution < -0.4 is 10.5 Å². The van der Waals surface area contributed by atoms with Gasteiger partial charge in [0.05, 0.1) is 6.10 Å². The Bertz CT molecular complexity index is 556. The highest BCUT2D eigenvalue weighted by molar-refractivity contribution is 5.69. The second-order valence-corrected chi connectivity index (χ2v) is 4.91. The summed E-state index contributed by atoms with van der Waals surface area (Å²) < 4.78 is 5.73. The Hall–Kier alpha value is -1.96. The van der Waals surface area contributed by atoms with Crippen molar-refractivity contribution in [2.75, 3.05) is 5.73 Å². The van der Waals surface area contributed by atoms with Crippen LogP contribution in [0.2, 0.25) is 0 Å². The third-order valence-electron chi connectivity index (χ3n) is 3.29. The van der Waals surface area contributed by atoms with Crippen LogP contribution in [0, 0.1) is 6.92 Å². The van der Waals surface area contributed by atoms with Gasteiger partial charge in [-0.2, -0.15) is 0 Å². The molecule has 2 aromatic carbocycles. The monoisotopic (exact) mass is 239 g/mol. The van der Waals surface area contributed by atoms with Crippen molar-refractivity contribution >= 4 is 5.69 Å². The highest BCUT2D eigenvalue weighted by Crippen LogP contribution is 2.29. The van der Waals surface area contributed by atoms with Crippen LogP contribution in [0.25, 0.3) is 11.1 Å². The predicted octanol–water partition coefficient (Wildman–Crippen LogP) is 3.79. The topological polar surface area (TPSA) is 35.2 Å². The van der Waals surface area contributed by atoms with Crippen molar-refractivity contribution in [3.8, 4) is 16.9 Å². The number of anilines is 1. The lowest BCUT2D eigenvalue weighted by molar-refractivity contribution is 0.303. The zero-order valence-electron chi connectivity index (χ0n) is 10.5. The molecule has 3 rings (SSSR count). The van der Waals surface area contributed by atoms with Crippen molar-refractivity contribution in [3.05, 3.63) is 48.0 Å². The van der Waals surface area contributed by atoms with E-state index in [2.05, 4.69) is 24.3 Å². The first kappa shape index (κ1) is 11.1. The van der Waals surface area contributed by atoms with E-state index in [1.165, 1.54) is 18.4 Å². The number of hydrogen-bond donors (Lipinski definition) is 1. The summed E-state index contributed by atoms with van der Waals surface area (Å²) in [6.07, 6.45) is 2.83. The maximum absolute atomic E-state index is 5.94. The molecule has 92 valence electrons. The maximum atomic E-state index is 5.94. The lowest BCUT2D eigenvalue weighted by Crippen LogP contribution is -1.95. The van der Waals surface area contributed by atoms with Crippen LogP contribution in [-0.2, 0) is 0 Å². The van der Waals surface area contributed by atoms with Gasteiger partial charge in [-0.15, -0.1) is 0 Å². The first-order valence-electron chi connectivity index (χ1n) is 6.35. The molecule has 0 aliphatic heterocycles. The van der Waals surface area contributed by atoms with E-state index >= 15 is 0 Å². The Morgan fingerprint density at radius 1 is 1.00 bits per heavy atom. The summed E-state index contributed by atoms with van der Waals surface area (Å²) in [7, 11) is 0. The van der Waals surface area contributed by atoms with Crippen LogP contribution in [0.4, 0.5) is 5.69 Å². The molecule has 0 amide bonds. The molecule has 1 aliphatic rings. The molecule has 0 bridgehead atoms. The molecule has 18 heavy (non-hydrogen) atoms. The summed E-state index contributed by atoms with van der Waals surface area (Å²) in [6, 6.07) is 14.4. The molecule has 2 heteroatoms. The quantitative estimate of drug-likeness (QED) is 0.827. The van der Waals surface area contributed by atoms with Gasteiger partial charge >= 0.3 is 0 Å². The summed E-state index contributed by atoms with van der Waals surface area (Å²) in [4.78, 5) is 0. The fourth-order valence-corrected chi connectivity index (χ4v) is 1.92. The van der Waals surface area contributed by atoms with Gasteiger partial charge < -0.3 is 10.5 Å². The molecule has 1 saturated carbocycles. The molecular weight excluding hydrogens is 222 g/mol. The first-order chi connectivity index (χ1) is 8.72. The minimum atomic E-state index is 0.450. The molecule has 0 heterocycles. The van der Waals surface area contributed by atoms with Crippen LogP contribution in [0.3, 0.4) is 0 Å². The fraction of sp³-hybridized carbons (Fsp3) is 0.250. The minimum absolute atomic E-state index is 0.450. The second kappa shape index (κ2) is 4.37. The fourth-order valence-electron chi connectivity index (χ4n) is 1.92. The van der Waals surface area contributed by atoms with Gasteiger partial charge in [0.25, 0.3) is 0 Å². The van der Waals surface area contributed by atoms with E-state index < -0.39 is 0 Å². The predicted molar refractivity (Wildman–Crippen MR) is 74.7 cm³/mol. The van der Waals surface area contributed by atoms with Crippen LogP contribution in [0.5, 0.6) is 5.75 Å². The van der Waals surface area contributed by atoms with Gasteiger partial charge in [0, 0.05) is 5.69 Å². The van der Waals surface area contributed by atoms with Crippen molar-refractivity contribution < 1.29 is 4.74 Å². The average Bonchev–Trinajstić information content (AvgIpc) is 3.18. The molecule has 2 aromatic rings. The number of nitrogens with two attached hydrogens (primary N) is 1. The van der Waals surface area contributed by atoms with E-state index in [1.54, 1.807) is 0 Å². The van der Waals surface area contributed by atoms with Gasteiger partial charge in [0.2, 0.25) is 0 Å². The molecule has 1 aliphatic carbocycles. The Morgan fingerprint density at radius 2 is 1.67 bits per heavy atom. The highest BCUT2D eigenvalue weighted by atomic mass is 16.5. The normalized spacial score (nSPS) is 14.5. The van der Waals surface area contributed by atoms with Crippen molar-refractivity contribution in [2.45, 2.75) is 25.9 Å². The molecule has 0 radical (unpaired) electrons. The van der Waals surface area contributed by atoms with Crippen molar-refractivity contribution in [1.82, 2.24) is 0 Å². The lowest BCUT2D eigenvalue weighted by atomic mass is 10.0. The summed E-state index contributed by atoms with van der Waals surface area (Å²) in [5, 5.41) is 0. The van der Waals surface area contributed by atoms with Gasteiger partial charge in [0.15, 0.2) is 0 Å². The number of aryl methyl sites for hydroxylation is 1. The third-order valence-corrected chi connectivity index (χ3v) is 3.29. The number of ether oxygens (including phenoxy) is 1. The zero-order chi connectivity index (χ0) is 12.5. The summed E-state index contributed by atoms with van der Waals surface area (Å²) >= 11 is 0. The first-order valence-corrected chi connectivity index (χ1v) is 6.35. The van der Waals surface area contributed by atoms with Gasteiger partial charge in [-0.3, -0.25) is 0 Å². The maximum Gasteiger partial charge on any atom is 0.119 e. The molecule has 1 fully saturated rings. The number of nitrogen functional groups attached to an aromatic ring is 1. The standard InChI is InChI=1S/C16H17NO/c1-11-2-3-13(10-16(11)17)12-4-6-14(7-5-12)18-15-8-9-15/h2-7,10,15H,8-9,17H2,1H3. The van der Waals surface area contributed by atoms with E-state index in [-0.39, 0.29) is 0 Å². The number of benzene rings is 2. The molecule has 2 nitrogen and oxygen atoms in total. The molecular formula is C16H17NO. The van der Waals surface area contributed by atoms with E-state index in [9.17, 15) is 0 Å². The van der Waals surface area contributed by atoms with E-state index in [1.807, 2.05) is 25.1 Å². The molecule has 0 atom stereocenters. The Labute approximate surface area is 107 Å². The molecule has 0 aromatic heterocycles. The Morgan fingerprint density at radius 3 is 2.28 bits per heavy atom. The van der Waals surface area contributed by atoms with Crippen LogP contribution in [0.1, 0.15) is 18.4 Å².